The van der Waals surface area contributed by atoms with Crippen molar-refractivity contribution in [3.63, 3.8) is 0 Å². The second kappa shape index (κ2) is 13.4. The fourth-order valence-corrected chi connectivity index (χ4v) is 2.57. The molecule has 0 saturated carbocycles. The molecule has 0 radical (unpaired) electrons. The molecule has 0 fully saturated rings. The highest BCUT2D eigenvalue weighted by Crippen LogP contribution is 2.18. The van der Waals surface area contributed by atoms with Gasteiger partial charge in [-0.05, 0) is 36.4 Å². The van der Waals surface area contributed by atoms with E-state index in [9.17, 15) is 32.3 Å². The molecule has 0 aliphatic heterocycles. The minimum Gasteiger partial charge on any atom is -0.480 e. The topological polar surface area (TPSA) is 236 Å². The molecular weight excluding hydrogens is 521 g/mol. The summed E-state index contributed by atoms with van der Waals surface area (Å²) in [5.41, 5.74) is 10.8. The summed E-state index contributed by atoms with van der Waals surface area (Å²) in [6, 6.07) is 7.48. The number of esters is 1. The third kappa shape index (κ3) is 10.4. The number of rotatable bonds is 10. The van der Waals surface area contributed by atoms with E-state index in [1.54, 1.807) is 0 Å². The van der Waals surface area contributed by atoms with Crippen molar-refractivity contribution in [1.82, 2.24) is 5.32 Å². The number of amidine groups is 1. The number of halogens is 3. The summed E-state index contributed by atoms with van der Waals surface area (Å²) in [5, 5.41) is 25.8. The minimum absolute atomic E-state index is 0.0787. The highest BCUT2D eigenvalue weighted by Gasteiger charge is 2.38. The highest BCUT2D eigenvalue weighted by atomic mass is 19.4. The molecule has 0 aliphatic rings. The van der Waals surface area contributed by atoms with E-state index in [0.717, 1.165) is 0 Å². The molecule has 0 saturated heterocycles. The van der Waals surface area contributed by atoms with E-state index in [-0.39, 0.29) is 23.8 Å². The predicted molar refractivity (Wildman–Crippen MR) is 121 cm³/mol. The van der Waals surface area contributed by atoms with Gasteiger partial charge < -0.3 is 36.2 Å². The number of carbonyl (C=O) groups excluding carboxylic acids is 3. The lowest BCUT2D eigenvalue weighted by Gasteiger charge is -2.16. The fraction of sp³-hybridized carbons (Fsp3) is 0.273. The summed E-state index contributed by atoms with van der Waals surface area (Å²) in [4.78, 5) is 55.4. The fourth-order valence-electron chi connectivity index (χ4n) is 2.57. The van der Waals surface area contributed by atoms with Crippen LogP contribution in [0.2, 0.25) is 0 Å². The van der Waals surface area contributed by atoms with Gasteiger partial charge in [-0.25, -0.2) is 14.4 Å². The molecule has 38 heavy (non-hydrogen) atoms. The van der Waals surface area contributed by atoms with E-state index in [4.69, 9.17) is 41.0 Å². The van der Waals surface area contributed by atoms with Crippen LogP contribution >= 0.6 is 0 Å². The van der Waals surface area contributed by atoms with E-state index in [1.807, 2.05) is 0 Å². The van der Waals surface area contributed by atoms with Gasteiger partial charge in [0.15, 0.2) is 0 Å². The van der Waals surface area contributed by atoms with Crippen molar-refractivity contribution in [2.45, 2.75) is 32.0 Å². The monoisotopic (exact) mass is 544 g/mol. The van der Waals surface area contributed by atoms with Crippen molar-refractivity contribution >= 4 is 35.6 Å². The van der Waals surface area contributed by atoms with Crippen molar-refractivity contribution in [2.24, 2.45) is 17.4 Å². The lowest BCUT2D eigenvalue weighted by atomic mass is 10.0. The standard InChI is InChI=1S/C20H22N4O7.C2HF3O2/c1-10(18(26)24-14(19(27)28)9-16(21)25)8-13-6-7-15(30-13)20(29)31-12-4-2-11(3-5-12)17(22)23;3-2(4,5)1(6)7/h2-7,10,14H,8-9H2,1H3,(H2,21,25)(H3,22,23)(H,24,26)(H,27,28);(H,6,7)/t10-,14-;/m0./s1. The number of amides is 2. The van der Waals surface area contributed by atoms with Gasteiger partial charge in [-0.2, -0.15) is 13.2 Å². The van der Waals surface area contributed by atoms with E-state index in [0.29, 0.717) is 11.3 Å². The summed E-state index contributed by atoms with van der Waals surface area (Å²) in [6.07, 6.45) is -5.53. The molecule has 0 spiro atoms. The summed E-state index contributed by atoms with van der Waals surface area (Å²) < 4.78 is 42.3. The minimum atomic E-state index is -5.08. The van der Waals surface area contributed by atoms with Crippen molar-refractivity contribution in [2.75, 3.05) is 0 Å². The normalized spacial score (nSPS) is 12.2. The molecule has 0 aliphatic carbocycles. The van der Waals surface area contributed by atoms with Crippen LogP contribution in [0.4, 0.5) is 13.2 Å². The number of carboxylic acids is 2. The molecule has 2 atom stereocenters. The highest BCUT2D eigenvalue weighted by molar-refractivity contribution is 5.95. The molecule has 13 nitrogen and oxygen atoms in total. The predicted octanol–water partition coefficient (Wildman–Crippen LogP) is 1.04. The number of hydrogen-bond donors (Lipinski definition) is 6. The van der Waals surface area contributed by atoms with E-state index < -0.39 is 54.3 Å². The quantitative estimate of drug-likeness (QED) is 0.107. The van der Waals surface area contributed by atoms with Gasteiger partial charge in [0.25, 0.3) is 0 Å². The maximum Gasteiger partial charge on any atom is 0.490 e. The Bertz CT molecular complexity index is 1190. The van der Waals surface area contributed by atoms with Gasteiger partial charge in [0.2, 0.25) is 17.6 Å². The van der Waals surface area contributed by atoms with Crippen LogP contribution in [0.1, 0.15) is 35.2 Å². The summed E-state index contributed by atoms with van der Waals surface area (Å²) in [7, 11) is 0. The van der Waals surface area contributed by atoms with Crippen LogP contribution in [0.3, 0.4) is 0 Å². The smallest absolute Gasteiger partial charge is 0.480 e. The van der Waals surface area contributed by atoms with Gasteiger partial charge in [-0.1, -0.05) is 6.92 Å². The average Bonchev–Trinajstić information content (AvgIpc) is 3.27. The first-order valence-corrected chi connectivity index (χ1v) is 10.4. The van der Waals surface area contributed by atoms with Gasteiger partial charge >= 0.3 is 24.1 Å². The second-order valence-corrected chi connectivity index (χ2v) is 7.57. The maximum absolute atomic E-state index is 12.2. The second-order valence-electron chi connectivity index (χ2n) is 7.57. The molecule has 2 amide bonds. The average molecular weight is 544 g/mol. The number of furan rings is 1. The number of benzene rings is 1. The molecule has 16 heteroatoms. The van der Waals surface area contributed by atoms with Gasteiger partial charge in [0, 0.05) is 17.9 Å². The number of carbonyl (C=O) groups is 5. The molecular formula is C22H23F3N4O9. The zero-order chi connectivity index (χ0) is 29.2. The number of hydrogen-bond acceptors (Lipinski definition) is 8. The van der Waals surface area contributed by atoms with Crippen LogP contribution in [-0.4, -0.2) is 58.0 Å². The maximum atomic E-state index is 12.2. The van der Waals surface area contributed by atoms with Crippen molar-refractivity contribution in [3.05, 3.63) is 53.5 Å². The van der Waals surface area contributed by atoms with Crippen LogP contribution in [0, 0.1) is 11.3 Å². The van der Waals surface area contributed by atoms with Crippen LogP contribution in [0.15, 0.2) is 40.8 Å². The Hall–Kier alpha value is -4.89. The summed E-state index contributed by atoms with van der Waals surface area (Å²) in [5.74, 6) is -6.73. The van der Waals surface area contributed by atoms with E-state index in [2.05, 4.69) is 5.32 Å². The first-order chi connectivity index (χ1) is 17.5. The number of nitrogen functional groups attached to an aromatic ring is 1. The third-order valence-electron chi connectivity index (χ3n) is 4.46. The molecule has 2 aromatic rings. The number of alkyl halides is 3. The van der Waals surface area contributed by atoms with E-state index >= 15 is 0 Å². The SMILES string of the molecule is C[C@@H](Cc1ccc(C(=O)Oc2ccc(C(=N)N)cc2)o1)C(=O)N[C@@H](CC(N)=O)C(=O)O.O=C(O)C(F)(F)F. The Morgan fingerprint density at radius 1 is 1.05 bits per heavy atom. The molecule has 206 valence electrons. The van der Waals surface area contributed by atoms with Crippen LogP contribution in [0.25, 0.3) is 0 Å². The number of nitrogens with two attached hydrogens (primary N) is 2. The van der Waals surface area contributed by atoms with E-state index in [1.165, 1.54) is 43.3 Å². The number of aliphatic carboxylic acids is 2. The Morgan fingerprint density at radius 2 is 1.61 bits per heavy atom. The van der Waals surface area contributed by atoms with Gasteiger partial charge in [-0.15, -0.1) is 0 Å². The Kier molecular flexibility index (Phi) is 11.0. The molecule has 1 aromatic carbocycles. The molecule has 1 heterocycles. The van der Waals surface area contributed by atoms with Crippen LogP contribution < -0.4 is 21.5 Å². The van der Waals surface area contributed by atoms with Crippen molar-refractivity contribution < 1.29 is 56.5 Å². The van der Waals surface area contributed by atoms with Crippen molar-refractivity contribution in [1.29, 1.82) is 5.41 Å². The summed E-state index contributed by atoms with van der Waals surface area (Å²) >= 11 is 0. The molecule has 8 N–H and O–H groups in total. The number of carboxylic acid groups (broad SMARTS) is 2. The van der Waals surface area contributed by atoms with Gasteiger partial charge in [0.05, 0.1) is 6.42 Å². The molecule has 0 bridgehead atoms. The zero-order valence-electron chi connectivity index (χ0n) is 19.6. The molecule has 0 unspecified atom stereocenters. The lowest BCUT2D eigenvalue weighted by molar-refractivity contribution is -0.192. The first kappa shape index (κ1) is 31.1. The Morgan fingerprint density at radius 3 is 2.05 bits per heavy atom. The number of ether oxygens (including phenoxy) is 1. The zero-order valence-corrected chi connectivity index (χ0v) is 19.6. The van der Waals surface area contributed by atoms with Gasteiger partial charge in [-0.3, -0.25) is 15.0 Å². The lowest BCUT2D eigenvalue weighted by Crippen LogP contribution is -2.45. The first-order valence-electron chi connectivity index (χ1n) is 10.4. The number of nitrogens with one attached hydrogen (secondary N) is 2. The van der Waals surface area contributed by atoms with Crippen LogP contribution in [-0.2, 0) is 25.6 Å². The Labute approximate surface area is 212 Å². The largest absolute Gasteiger partial charge is 0.490 e. The number of primary amides is 1. The van der Waals surface area contributed by atoms with Gasteiger partial charge in [0.1, 0.15) is 23.4 Å². The van der Waals surface area contributed by atoms with Crippen molar-refractivity contribution in [3.8, 4) is 5.75 Å². The third-order valence-corrected chi connectivity index (χ3v) is 4.46. The molecule has 1 aromatic heterocycles. The molecule has 2 rings (SSSR count). The Balaban J connectivity index is 0.000000905. The van der Waals surface area contributed by atoms with Crippen LogP contribution in [0.5, 0.6) is 5.75 Å². The summed E-state index contributed by atoms with van der Waals surface area (Å²) in [6.45, 7) is 1.54.